The molecule has 2 N–H and O–H groups in total. The number of amides is 1. The second-order valence-corrected chi connectivity index (χ2v) is 7.18. The smallest absolute Gasteiger partial charge is 0.308 e. The van der Waals surface area contributed by atoms with E-state index in [0.717, 1.165) is 58.0 Å². The average molecular weight is 345 g/mol. The van der Waals surface area contributed by atoms with Crippen LogP contribution in [0.2, 0.25) is 0 Å². The Bertz CT molecular complexity index is 430. The summed E-state index contributed by atoms with van der Waals surface area (Å²) >= 11 is 0. The fraction of sp³-hybridized carbons (Fsp3) is 0.882. The predicted molar refractivity (Wildman–Crippen MR) is 90.4 cm³/mol. The van der Waals surface area contributed by atoms with Crippen LogP contribution in [0.5, 0.6) is 0 Å². The highest BCUT2D eigenvalue weighted by Crippen LogP contribution is 2.58. The first-order chi connectivity index (χ1) is 10.6. The van der Waals surface area contributed by atoms with Crippen molar-refractivity contribution >= 4 is 24.3 Å². The van der Waals surface area contributed by atoms with Crippen LogP contribution in [0, 0.1) is 17.3 Å². The van der Waals surface area contributed by atoms with E-state index in [-0.39, 0.29) is 42.2 Å². The Hall–Kier alpha value is -0.810. The Morgan fingerprint density at radius 3 is 2.43 bits per heavy atom. The molecule has 1 amide bonds. The molecule has 23 heavy (non-hydrogen) atoms. The van der Waals surface area contributed by atoms with Crippen LogP contribution < -0.4 is 10.6 Å². The molecule has 1 spiro atoms. The number of nitrogens with one attached hydrogen (secondary N) is 2. The Labute approximate surface area is 144 Å². The number of hydrogen-bond donors (Lipinski definition) is 2. The molecule has 1 aliphatic heterocycles. The van der Waals surface area contributed by atoms with Crippen molar-refractivity contribution in [2.45, 2.75) is 57.9 Å². The van der Waals surface area contributed by atoms with Crippen LogP contribution in [0.4, 0.5) is 0 Å². The molecule has 2 saturated carbocycles. The molecule has 3 aliphatic rings. The van der Waals surface area contributed by atoms with Gasteiger partial charge < -0.3 is 15.4 Å². The molecule has 5 nitrogen and oxygen atoms in total. The molecule has 1 saturated heterocycles. The normalized spacial score (nSPS) is 31.8. The van der Waals surface area contributed by atoms with Crippen molar-refractivity contribution in [3.8, 4) is 0 Å². The van der Waals surface area contributed by atoms with E-state index in [0.29, 0.717) is 12.0 Å². The third-order valence-electron chi connectivity index (χ3n) is 5.80. The Morgan fingerprint density at radius 2 is 1.83 bits per heavy atom. The lowest BCUT2D eigenvalue weighted by Crippen LogP contribution is -2.41. The van der Waals surface area contributed by atoms with Crippen molar-refractivity contribution in [3.05, 3.63) is 0 Å². The highest BCUT2D eigenvalue weighted by Gasteiger charge is 2.57. The summed E-state index contributed by atoms with van der Waals surface area (Å²) in [6.45, 7) is 4.40. The monoisotopic (exact) mass is 344 g/mol. The van der Waals surface area contributed by atoms with Gasteiger partial charge in [-0.05, 0) is 70.4 Å². The van der Waals surface area contributed by atoms with Gasteiger partial charge >= 0.3 is 5.97 Å². The lowest BCUT2D eigenvalue weighted by molar-refractivity contribution is -0.149. The Morgan fingerprint density at radius 1 is 1.17 bits per heavy atom. The van der Waals surface area contributed by atoms with Crippen molar-refractivity contribution in [3.63, 3.8) is 0 Å². The number of ether oxygens (including phenoxy) is 1. The number of halogens is 1. The molecular weight excluding hydrogens is 316 g/mol. The Balaban J connectivity index is 0.00000192. The maximum absolute atomic E-state index is 12.4. The quantitative estimate of drug-likeness (QED) is 0.766. The zero-order valence-electron chi connectivity index (χ0n) is 13.9. The van der Waals surface area contributed by atoms with E-state index in [1.807, 2.05) is 6.92 Å². The number of carbonyl (C=O) groups excluding carboxylic acids is 2. The molecule has 0 aromatic rings. The van der Waals surface area contributed by atoms with Gasteiger partial charge in [0, 0.05) is 12.0 Å². The molecular formula is C17H29ClN2O3. The third kappa shape index (κ3) is 4.18. The van der Waals surface area contributed by atoms with Gasteiger partial charge in [0.1, 0.15) is 0 Å². The first-order valence-electron chi connectivity index (χ1n) is 8.82. The summed E-state index contributed by atoms with van der Waals surface area (Å²) in [6.07, 6.45) is 6.82. The number of esters is 1. The SMILES string of the molecule is CCOC(=O)C1CCC(NC(=O)C2CC23CCNCC3)CC1.Cl. The fourth-order valence-electron chi connectivity index (χ4n) is 4.23. The lowest BCUT2D eigenvalue weighted by atomic mass is 9.85. The minimum absolute atomic E-state index is 0. The number of rotatable bonds is 4. The molecule has 3 fully saturated rings. The molecule has 132 valence electrons. The third-order valence-corrected chi connectivity index (χ3v) is 5.80. The molecule has 1 unspecified atom stereocenters. The van der Waals surface area contributed by atoms with Gasteiger partial charge in [-0.25, -0.2) is 0 Å². The molecule has 2 aliphatic carbocycles. The van der Waals surface area contributed by atoms with Gasteiger partial charge in [-0.1, -0.05) is 0 Å². The van der Waals surface area contributed by atoms with Gasteiger partial charge in [-0.2, -0.15) is 0 Å². The van der Waals surface area contributed by atoms with E-state index in [2.05, 4.69) is 10.6 Å². The van der Waals surface area contributed by atoms with E-state index >= 15 is 0 Å². The molecule has 0 aromatic carbocycles. The van der Waals surface area contributed by atoms with Crippen LogP contribution in [0.1, 0.15) is 51.9 Å². The summed E-state index contributed by atoms with van der Waals surface area (Å²) in [4.78, 5) is 24.2. The standard InChI is InChI=1S/C17H28N2O3.ClH/c1-2-22-16(21)12-3-5-13(6-4-12)19-15(20)14-11-17(14)7-9-18-10-8-17;/h12-14,18H,2-11H2,1H3,(H,19,20);1H. The Kier molecular flexibility index (Phi) is 6.32. The van der Waals surface area contributed by atoms with Crippen molar-refractivity contribution in [2.75, 3.05) is 19.7 Å². The van der Waals surface area contributed by atoms with E-state index in [9.17, 15) is 9.59 Å². The van der Waals surface area contributed by atoms with E-state index < -0.39 is 0 Å². The largest absolute Gasteiger partial charge is 0.466 e. The van der Waals surface area contributed by atoms with Crippen LogP contribution in [-0.4, -0.2) is 37.6 Å². The number of hydrogen-bond acceptors (Lipinski definition) is 4. The van der Waals surface area contributed by atoms with Crippen LogP contribution in [0.3, 0.4) is 0 Å². The zero-order valence-corrected chi connectivity index (χ0v) is 14.8. The molecule has 6 heteroatoms. The van der Waals surface area contributed by atoms with Crippen LogP contribution in [0.15, 0.2) is 0 Å². The highest BCUT2D eigenvalue weighted by atomic mass is 35.5. The maximum atomic E-state index is 12.4. The van der Waals surface area contributed by atoms with Crippen molar-refractivity contribution in [1.82, 2.24) is 10.6 Å². The van der Waals surface area contributed by atoms with Crippen molar-refractivity contribution in [2.24, 2.45) is 17.3 Å². The summed E-state index contributed by atoms with van der Waals surface area (Å²) in [6, 6.07) is 0.248. The van der Waals surface area contributed by atoms with Gasteiger partial charge in [0.2, 0.25) is 5.91 Å². The highest BCUT2D eigenvalue weighted by molar-refractivity contribution is 5.85. The van der Waals surface area contributed by atoms with Crippen molar-refractivity contribution in [1.29, 1.82) is 0 Å². The average Bonchev–Trinajstić information content (AvgIpc) is 3.22. The second-order valence-electron chi connectivity index (χ2n) is 7.18. The van der Waals surface area contributed by atoms with Gasteiger partial charge in [0.05, 0.1) is 12.5 Å². The van der Waals surface area contributed by atoms with Gasteiger partial charge in [0.15, 0.2) is 0 Å². The topological polar surface area (TPSA) is 67.4 Å². The molecule has 1 atom stereocenters. The summed E-state index contributed by atoms with van der Waals surface area (Å²) in [5.74, 6) is 0.451. The minimum atomic E-state index is -0.0665. The van der Waals surface area contributed by atoms with E-state index in [1.54, 1.807) is 0 Å². The van der Waals surface area contributed by atoms with E-state index in [1.165, 1.54) is 0 Å². The first kappa shape index (κ1) is 18.5. The number of piperidine rings is 1. The van der Waals surface area contributed by atoms with E-state index in [4.69, 9.17) is 4.74 Å². The molecule has 0 aromatic heterocycles. The number of carbonyl (C=O) groups is 2. The summed E-state index contributed by atoms with van der Waals surface area (Å²) in [7, 11) is 0. The maximum Gasteiger partial charge on any atom is 0.308 e. The minimum Gasteiger partial charge on any atom is -0.466 e. The molecule has 3 rings (SSSR count). The second kappa shape index (κ2) is 7.84. The summed E-state index contributed by atoms with van der Waals surface area (Å²) in [5, 5.41) is 6.60. The fourth-order valence-corrected chi connectivity index (χ4v) is 4.23. The predicted octanol–water partition coefficient (Wildman–Crippen LogP) is 2.04. The van der Waals surface area contributed by atoms with Crippen LogP contribution >= 0.6 is 12.4 Å². The van der Waals surface area contributed by atoms with Crippen LogP contribution in [0.25, 0.3) is 0 Å². The summed E-state index contributed by atoms with van der Waals surface area (Å²) in [5.41, 5.74) is 0.303. The zero-order chi connectivity index (χ0) is 15.6. The van der Waals surface area contributed by atoms with Gasteiger partial charge in [-0.15, -0.1) is 12.4 Å². The van der Waals surface area contributed by atoms with Gasteiger partial charge in [0.25, 0.3) is 0 Å². The van der Waals surface area contributed by atoms with Crippen LogP contribution in [-0.2, 0) is 14.3 Å². The first-order valence-corrected chi connectivity index (χ1v) is 8.82. The van der Waals surface area contributed by atoms with Gasteiger partial charge in [-0.3, -0.25) is 9.59 Å². The lowest BCUT2D eigenvalue weighted by Gasteiger charge is -2.28. The molecule has 0 radical (unpaired) electrons. The summed E-state index contributed by atoms with van der Waals surface area (Å²) < 4.78 is 5.09. The molecule has 0 bridgehead atoms. The van der Waals surface area contributed by atoms with Crippen molar-refractivity contribution < 1.29 is 14.3 Å². The molecule has 1 heterocycles.